The first-order chi connectivity index (χ1) is 14.6. The van der Waals surface area contributed by atoms with Crippen molar-refractivity contribution in [3.05, 3.63) is 95.3 Å². The number of halogens is 5. The molecule has 0 saturated heterocycles. The third kappa shape index (κ3) is 5.35. The average molecular weight is 433 g/mol. The number of hydrogen-bond donors (Lipinski definition) is 3. The van der Waals surface area contributed by atoms with Gasteiger partial charge in [0.25, 0.3) is 0 Å². The summed E-state index contributed by atoms with van der Waals surface area (Å²) in [6, 6.07) is 12.7. The van der Waals surface area contributed by atoms with Crippen molar-refractivity contribution in [2.45, 2.75) is 6.18 Å². The maximum Gasteiger partial charge on any atom is 0.433 e. The summed E-state index contributed by atoms with van der Waals surface area (Å²) in [6.07, 6.45) is -3.77. The number of nitrogens with zero attached hydrogens (tertiary/aromatic N) is 2. The zero-order valence-corrected chi connectivity index (χ0v) is 15.8. The molecule has 31 heavy (non-hydrogen) atoms. The Balaban J connectivity index is 2.12. The van der Waals surface area contributed by atoms with Gasteiger partial charge < -0.3 is 16.8 Å². The van der Waals surface area contributed by atoms with E-state index in [0.717, 1.165) is 24.4 Å². The van der Waals surface area contributed by atoms with Gasteiger partial charge in [-0.15, -0.1) is 0 Å². The summed E-state index contributed by atoms with van der Waals surface area (Å²) < 4.78 is 66.9. The maximum atomic E-state index is 14.5. The SMILES string of the molecule is NC(=N/C(=C(\N)c1ccnc(C(F)(F)F)c1)c1ccccc1F)Nc1cccc(F)c1. The van der Waals surface area contributed by atoms with Gasteiger partial charge >= 0.3 is 6.18 Å². The van der Waals surface area contributed by atoms with Crippen LogP contribution in [0.2, 0.25) is 0 Å². The molecule has 0 unspecified atom stereocenters. The fourth-order valence-corrected chi connectivity index (χ4v) is 2.67. The van der Waals surface area contributed by atoms with Crippen molar-refractivity contribution in [3.8, 4) is 0 Å². The Hall–Kier alpha value is -3.95. The number of anilines is 1. The molecule has 5 nitrogen and oxygen atoms in total. The number of hydrogen-bond acceptors (Lipinski definition) is 3. The predicted molar refractivity (Wildman–Crippen MR) is 108 cm³/mol. The lowest BCUT2D eigenvalue weighted by Gasteiger charge is -2.13. The quantitative estimate of drug-likeness (QED) is 0.319. The van der Waals surface area contributed by atoms with E-state index in [9.17, 15) is 22.0 Å². The molecule has 2 aromatic carbocycles. The normalized spacial score (nSPS) is 13.0. The van der Waals surface area contributed by atoms with Crippen molar-refractivity contribution >= 4 is 23.0 Å². The van der Waals surface area contributed by atoms with Crippen LogP contribution in [0.5, 0.6) is 0 Å². The summed E-state index contributed by atoms with van der Waals surface area (Å²) >= 11 is 0. The highest BCUT2D eigenvalue weighted by Gasteiger charge is 2.32. The van der Waals surface area contributed by atoms with Gasteiger partial charge in [-0.2, -0.15) is 13.2 Å². The van der Waals surface area contributed by atoms with E-state index < -0.39 is 23.5 Å². The molecule has 5 N–H and O–H groups in total. The molecule has 0 aliphatic carbocycles. The zero-order chi connectivity index (χ0) is 22.6. The summed E-state index contributed by atoms with van der Waals surface area (Å²) in [5.74, 6) is -1.52. The van der Waals surface area contributed by atoms with Gasteiger partial charge in [0.15, 0.2) is 5.96 Å². The highest BCUT2D eigenvalue weighted by atomic mass is 19.4. The minimum atomic E-state index is -4.70. The molecule has 0 aliphatic heterocycles. The number of nitrogens with two attached hydrogens (primary N) is 2. The van der Waals surface area contributed by atoms with E-state index in [4.69, 9.17) is 11.5 Å². The number of benzene rings is 2. The molecule has 10 heteroatoms. The van der Waals surface area contributed by atoms with Crippen LogP contribution in [0.4, 0.5) is 27.6 Å². The molecule has 0 bridgehead atoms. The van der Waals surface area contributed by atoms with E-state index >= 15 is 0 Å². The third-order valence-corrected chi connectivity index (χ3v) is 4.07. The molecule has 1 heterocycles. The van der Waals surface area contributed by atoms with Gasteiger partial charge in [0.1, 0.15) is 23.0 Å². The van der Waals surface area contributed by atoms with Crippen LogP contribution >= 0.6 is 0 Å². The van der Waals surface area contributed by atoms with Gasteiger partial charge in [0.05, 0.1) is 5.70 Å². The number of rotatable bonds is 4. The molecular weight excluding hydrogens is 417 g/mol. The molecule has 1 aromatic heterocycles. The van der Waals surface area contributed by atoms with Crippen molar-refractivity contribution < 1.29 is 22.0 Å². The van der Waals surface area contributed by atoms with Crippen molar-refractivity contribution in [3.63, 3.8) is 0 Å². The molecule has 3 aromatic rings. The molecule has 0 aliphatic rings. The lowest BCUT2D eigenvalue weighted by atomic mass is 10.1. The topological polar surface area (TPSA) is 89.3 Å². The van der Waals surface area contributed by atoms with Gasteiger partial charge in [-0.25, -0.2) is 13.8 Å². The van der Waals surface area contributed by atoms with E-state index in [-0.39, 0.29) is 34.2 Å². The second-order valence-electron chi connectivity index (χ2n) is 6.30. The Morgan fingerprint density at radius 1 is 0.935 bits per heavy atom. The highest BCUT2D eigenvalue weighted by molar-refractivity contribution is 6.00. The summed E-state index contributed by atoms with van der Waals surface area (Å²) in [6.45, 7) is 0. The summed E-state index contributed by atoms with van der Waals surface area (Å²) in [5.41, 5.74) is 10.4. The Kier molecular flexibility index (Phi) is 6.19. The highest BCUT2D eigenvalue weighted by Crippen LogP contribution is 2.31. The summed E-state index contributed by atoms with van der Waals surface area (Å²) in [5, 5.41) is 2.63. The van der Waals surface area contributed by atoms with E-state index in [1.54, 1.807) is 0 Å². The van der Waals surface area contributed by atoms with Crippen molar-refractivity contribution in [1.29, 1.82) is 0 Å². The maximum absolute atomic E-state index is 14.5. The standard InChI is InChI=1S/C21H16F5N5/c22-13-4-3-5-14(11-13)30-20(28)31-19(15-6-1-2-7-16(15)23)18(27)12-8-9-29-17(10-12)21(24,25)26/h1-11H,27H2,(H3,28,30,31)/b19-18-. The smallest absolute Gasteiger partial charge is 0.396 e. The van der Waals surface area contributed by atoms with E-state index in [2.05, 4.69) is 15.3 Å². The van der Waals surface area contributed by atoms with Crippen LogP contribution in [-0.4, -0.2) is 10.9 Å². The van der Waals surface area contributed by atoms with Crippen LogP contribution in [0.3, 0.4) is 0 Å². The van der Waals surface area contributed by atoms with Gasteiger partial charge in [0.2, 0.25) is 0 Å². The number of guanidine groups is 1. The molecule has 0 spiro atoms. The van der Waals surface area contributed by atoms with Crippen LogP contribution in [0, 0.1) is 11.6 Å². The average Bonchev–Trinajstić information content (AvgIpc) is 2.72. The van der Waals surface area contributed by atoms with Crippen LogP contribution in [0.1, 0.15) is 16.8 Å². The van der Waals surface area contributed by atoms with E-state index in [0.29, 0.717) is 0 Å². The summed E-state index contributed by atoms with van der Waals surface area (Å²) in [7, 11) is 0. The molecule has 0 radical (unpaired) electrons. The molecular formula is C21H16F5N5. The van der Waals surface area contributed by atoms with Crippen molar-refractivity contribution in [2.75, 3.05) is 5.32 Å². The molecule has 0 amide bonds. The fraction of sp³-hybridized carbons (Fsp3) is 0.0476. The van der Waals surface area contributed by atoms with Gasteiger partial charge in [0, 0.05) is 23.0 Å². The van der Waals surface area contributed by atoms with E-state index in [1.165, 1.54) is 42.5 Å². The third-order valence-electron chi connectivity index (χ3n) is 4.07. The Morgan fingerprint density at radius 3 is 2.35 bits per heavy atom. The first-order valence-corrected chi connectivity index (χ1v) is 8.80. The monoisotopic (exact) mass is 433 g/mol. The van der Waals surface area contributed by atoms with Crippen LogP contribution in [0.25, 0.3) is 11.4 Å². The van der Waals surface area contributed by atoms with Crippen molar-refractivity contribution in [2.24, 2.45) is 16.5 Å². The minimum Gasteiger partial charge on any atom is -0.396 e. The molecule has 3 rings (SSSR count). The van der Waals surface area contributed by atoms with Gasteiger partial charge in [-0.05, 0) is 42.5 Å². The lowest BCUT2D eigenvalue weighted by molar-refractivity contribution is -0.141. The van der Waals surface area contributed by atoms with Crippen LogP contribution in [-0.2, 0) is 6.18 Å². The predicted octanol–water partition coefficient (Wildman–Crippen LogP) is 4.59. The van der Waals surface area contributed by atoms with Gasteiger partial charge in [-0.1, -0.05) is 18.2 Å². The first kappa shape index (κ1) is 21.8. The number of aliphatic imine (C=N–C) groups is 1. The fourth-order valence-electron chi connectivity index (χ4n) is 2.67. The van der Waals surface area contributed by atoms with Crippen LogP contribution < -0.4 is 16.8 Å². The number of nitrogens with one attached hydrogen (secondary N) is 1. The molecule has 0 fully saturated rings. The lowest BCUT2D eigenvalue weighted by Crippen LogP contribution is -2.23. The molecule has 0 saturated carbocycles. The van der Waals surface area contributed by atoms with Gasteiger partial charge in [-0.3, -0.25) is 4.98 Å². The number of alkyl halides is 3. The first-order valence-electron chi connectivity index (χ1n) is 8.80. The Bertz CT molecular complexity index is 1150. The molecule has 160 valence electrons. The largest absolute Gasteiger partial charge is 0.433 e. The van der Waals surface area contributed by atoms with Crippen LogP contribution in [0.15, 0.2) is 71.9 Å². The van der Waals surface area contributed by atoms with E-state index in [1.807, 2.05) is 0 Å². The Morgan fingerprint density at radius 2 is 1.68 bits per heavy atom. The zero-order valence-electron chi connectivity index (χ0n) is 15.8. The molecule has 0 atom stereocenters. The summed E-state index contributed by atoms with van der Waals surface area (Å²) in [4.78, 5) is 7.36. The Labute approximate surface area is 173 Å². The number of pyridine rings is 1. The van der Waals surface area contributed by atoms with Crippen molar-refractivity contribution in [1.82, 2.24) is 4.98 Å². The second-order valence-corrected chi connectivity index (χ2v) is 6.30. The number of aromatic nitrogens is 1. The minimum absolute atomic E-state index is 0.0807. The second kappa shape index (κ2) is 8.82.